The van der Waals surface area contributed by atoms with Crippen molar-refractivity contribution in [2.24, 2.45) is 5.73 Å². The average Bonchev–Trinajstić information content (AvgIpc) is 2.28. The summed E-state index contributed by atoms with van der Waals surface area (Å²) in [5, 5.41) is 13.0. The molecule has 18 heavy (non-hydrogen) atoms. The smallest absolute Gasteiger partial charge is 0.270 e. The standard InChI is InChI=1S/C10H11F2N3O3/c1-5(10(13)16)14-8-3-2-6(15(17)18)4-7(8)9(11)12/h2-5,9,14H,1H3,(H2,13,16). The van der Waals surface area contributed by atoms with Gasteiger partial charge in [0.05, 0.1) is 4.92 Å². The Morgan fingerprint density at radius 2 is 2.11 bits per heavy atom. The Labute approximate surface area is 101 Å². The van der Waals surface area contributed by atoms with Gasteiger partial charge >= 0.3 is 0 Å². The maximum absolute atomic E-state index is 12.7. The van der Waals surface area contributed by atoms with E-state index in [1.807, 2.05) is 0 Å². The highest BCUT2D eigenvalue weighted by atomic mass is 19.3. The molecule has 8 heteroatoms. The topological polar surface area (TPSA) is 98.3 Å². The molecular formula is C10H11F2N3O3. The van der Waals surface area contributed by atoms with Gasteiger partial charge in [0.1, 0.15) is 6.04 Å². The van der Waals surface area contributed by atoms with Crippen LogP contribution in [-0.2, 0) is 4.79 Å². The molecule has 6 nitrogen and oxygen atoms in total. The average molecular weight is 259 g/mol. The summed E-state index contributed by atoms with van der Waals surface area (Å²) in [4.78, 5) is 20.5. The summed E-state index contributed by atoms with van der Waals surface area (Å²) in [6, 6.07) is 2.10. The number of alkyl halides is 2. The third-order valence-corrected chi connectivity index (χ3v) is 2.28. The molecule has 1 amide bonds. The van der Waals surface area contributed by atoms with E-state index in [2.05, 4.69) is 5.32 Å². The van der Waals surface area contributed by atoms with Crippen LogP contribution in [0.5, 0.6) is 0 Å². The van der Waals surface area contributed by atoms with Crippen molar-refractivity contribution in [2.45, 2.75) is 19.4 Å². The molecule has 1 unspecified atom stereocenters. The Kier molecular flexibility index (Phi) is 4.13. The molecule has 0 bridgehead atoms. The Morgan fingerprint density at radius 1 is 1.50 bits per heavy atom. The number of nitro groups is 1. The van der Waals surface area contributed by atoms with E-state index < -0.39 is 34.5 Å². The number of nitrogens with zero attached hydrogens (tertiary/aromatic N) is 1. The fourth-order valence-electron chi connectivity index (χ4n) is 1.28. The van der Waals surface area contributed by atoms with Crippen LogP contribution < -0.4 is 11.1 Å². The second-order valence-corrected chi connectivity index (χ2v) is 3.60. The minimum Gasteiger partial charge on any atom is -0.374 e. The Hall–Kier alpha value is -2.25. The van der Waals surface area contributed by atoms with E-state index in [0.29, 0.717) is 0 Å². The molecule has 1 aromatic carbocycles. The molecule has 0 saturated carbocycles. The van der Waals surface area contributed by atoms with Gasteiger partial charge in [-0.15, -0.1) is 0 Å². The minimum absolute atomic E-state index is 0.0538. The first kappa shape index (κ1) is 13.8. The molecule has 1 atom stereocenters. The first-order chi connectivity index (χ1) is 8.32. The van der Waals surface area contributed by atoms with E-state index in [4.69, 9.17) is 5.73 Å². The van der Waals surface area contributed by atoms with Crippen molar-refractivity contribution in [2.75, 3.05) is 5.32 Å². The SMILES string of the molecule is CC(Nc1ccc([N+](=O)[O-])cc1C(F)F)C(N)=O. The lowest BCUT2D eigenvalue weighted by Crippen LogP contribution is -2.32. The summed E-state index contributed by atoms with van der Waals surface area (Å²) < 4.78 is 25.5. The second kappa shape index (κ2) is 5.39. The van der Waals surface area contributed by atoms with Gasteiger partial charge in [-0.25, -0.2) is 8.78 Å². The minimum atomic E-state index is -2.90. The number of carbonyl (C=O) groups is 1. The highest BCUT2D eigenvalue weighted by Crippen LogP contribution is 2.30. The quantitative estimate of drug-likeness (QED) is 0.622. The van der Waals surface area contributed by atoms with Crippen molar-refractivity contribution in [1.82, 2.24) is 0 Å². The van der Waals surface area contributed by atoms with Crippen LogP contribution in [0, 0.1) is 10.1 Å². The number of halogens is 2. The maximum atomic E-state index is 12.7. The molecule has 0 aliphatic heterocycles. The van der Waals surface area contributed by atoms with Gasteiger partial charge in [-0.3, -0.25) is 14.9 Å². The van der Waals surface area contributed by atoms with Gasteiger partial charge in [0.2, 0.25) is 5.91 Å². The van der Waals surface area contributed by atoms with Crippen molar-refractivity contribution in [3.8, 4) is 0 Å². The summed E-state index contributed by atoms with van der Waals surface area (Å²) in [7, 11) is 0. The summed E-state index contributed by atoms with van der Waals surface area (Å²) in [6.45, 7) is 1.40. The van der Waals surface area contributed by atoms with Crippen molar-refractivity contribution in [1.29, 1.82) is 0 Å². The highest BCUT2D eigenvalue weighted by molar-refractivity contribution is 5.82. The van der Waals surface area contributed by atoms with Gasteiger partial charge < -0.3 is 11.1 Å². The summed E-state index contributed by atoms with van der Waals surface area (Å²) in [6.07, 6.45) is -2.90. The predicted octanol–water partition coefficient (Wildman–Crippen LogP) is 1.82. The van der Waals surface area contributed by atoms with Gasteiger partial charge in [-0.2, -0.15) is 0 Å². The normalized spacial score (nSPS) is 12.2. The molecule has 98 valence electrons. The van der Waals surface area contributed by atoms with E-state index in [0.717, 1.165) is 18.2 Å². The second-order valence-electron chi connectivity index (χ2n) is 3.60. The van der Waals surface area contributed by atoms with Gasteiger partial charge in [0.25, 0.3) is 12.1 Å². The van der Waals surface area contributed by atoms with Crippen LogP contribution in [0.1, 0.15) is 18.9 Å². The molecule has 0 aliphatic rings. The summed E-state index contributed by atoms with van der Waals surface area (Å²) in [5.74, 6) is -0.714. The molecule has 0 radical (unpaired) electrons. The molecule has 0 heterocycles. The number of nitrogens with two attached hydrogens (primary N) is 1. The highest BCUT2D eigenvalue weighted by Gasteiger charge is 2.19. The monoisotopic (exact) mass is 259 g/mol. The van der Waals surface area contributed by atoms with Crippen LogP contribution >= 0.6 is 0 Å². The van der Waals surface area contributed by atoms with Crippen LogP contribution in [-0.4, -0.2) is 16.9 Å². The number of rotatable bonds is 5. The number of amides is 1. The van der Waals surface area contributed by atoms with Gasteiger partial charge in [-0.05, 0) is 13.0 Å². The van der Waals surface area contributed by atoms with Crippen molar-refractivity contribution >= 4 is 17.3 Å². The lowest BCUT2D eigenvalue weighted by molar-refractivity contribution is -0.385. The van der Waals surface area contributed by atoms with Crippen LogP contribution in [0.2, 0.25) is 0 Å². The fraction of sp³-hybridized carbons (Fsp3) is 0.300. The zero-order valence-corrected chi connectivity index (χ0v) is 9.39. The molecule has 0 fully saturated rings. The molecular weight excluding hydrogens is 248 g/mol. The van der Waals surface area contributed by atoms with Gasteiger partial charge in [-0.1, -0.05) is 0 Å². The lowest BCUT2D eigenvalue weighted by Gasteiger charge is -2.15. The van der Waals surface area contributed by atoms with Gasteiger partial charge in [0, 0.05) is 23.4 Å². The predicted molar refractivity (Wildman–Crippen MR) is 60.3 cm³/mol. The Morgan fingerprint density at radius 3 is 2.56 bits per heavy atom. The molecule has 1 aromatic rings. The zero-order valence-electron chi connectivity index (χ0n) is 9.39. The number of nitro benzene ring substituents is 1. The van der Waals surface area contributed by atoms with E-state index in [9.17, 15) is 23.7 Å². The lowest BCUT2D eigenvalue weighted by atomic mass is 10.1. The number of benzene rings is 1. The third-order valence-electron chi connectivity index (χ3n) is 2.28. The maximum Gasteiger partial charge on any atom is 0.270 e. The van der Waals surface area contributed by atoms with Crippen LogP contribution in [0.4, 0.5) is 20.2 Å². The number of carbonyl (C=O) groups excluding carboxylic acids is 1. The number of non-ortho nitro benzene ring substituents is 1. The Bertz CT molecular complexity index is 479. The van der Waals surface area contributed by atoms with E-state index >= 15 is 0 Å². The molecule has 0 saturated heterocycles. The molecule has 0 aromatic heterocycles. The van der Waals surface area contributed by atoms with E-state index in [1.54, 1.807) is 0 Å². The van der Waals surface area contributed by atoms with E-state index in [1.165, 1.54) is 6.92 Å². The van der Waals surface area contributed by atoms with Gasteiger partial charge in [0.15, 0.2) is 0 Å². The fourth-order valence-corrected chi connectivity index (χ4v) is 1.28. The molecule has 1 rings (SSSR count). The summed E-state index contributed by atoms with van der Waals surface area (Å²) >= 11 is 0. The van der Waals surface area contributed by atoms with Crippen molar-refractivity contribution in [3.63, 3.8) is 0 Å². The molecule has 3 N–H and O–H groups in total. The number of hydrogen-bond donors (Lipinski definition) is 2. The number of nitrogens with one attached hydrogen (secondary N) is 1. The number of anilines is 1. The zero-order chi connectivity index (χ0) is 13.9. The number of hydrogen-bond acceptors (Lipinski definition) is 4. The first-order valence-electron chi connectivity index (χ1n) is 4.95. The van der Waals surface area contributed by atoms with Crippen LogP contribution in [0.25, 0.3) is 0 Å². The van der Waals surface area contributed by atoms with Crippen LogP contribution in [0.15, 0.2) is 18.2 Å². The van der Waals surface area contributed by atoms with Crippen LogP contribution in [0.3, 0.4) is 0 Å². The van der Waals surface area contributed by atoms with Crippen molar-refractivity contribution in [3.05, 3.63) is 33.9 Å². The molecule has 0 aliphatic carbocycles. The molecule has 0 spiro atoms. The first-order valence-corrected chi connectivity index (χ1v) is 4.95. The van der Waals surface area contributed by atoms with E-state index in [-0.39, 0.29) is 5.69 Å². The summed E-state index contributed by atoms with van der Waals surface area (Å²) in [5.41, 5.74) is 3.95. The largest absolute Gasteiger partial charge is 0.374 e. The van der Waals surface area contributed by atoms with Crippen molar-refractivity contribution < 1.29 is 18.5 Å². The Balaban J connectivity index is 3.11. The number of primary amides is 1. The third kappa shape index (κ3) is 3.12.